The van der Waals surface area contributed by atoms with Gasteiger partial charge in [-0.2, -0.15) is 0 Å². The molecule has 0 spiro atoms. The second-order valence-electron chi connectivity index (χ2n) is 8.99. The summed E-state index contributed by atoms with van der Waals surface area (Å²) in [6.07, 6.45) is 0. The predicted octanol–water partition coefficient (Wildman–Crippen LogP) is 3.81. The summed E-state index contributed by atoms with van der Waals surface area (Å²) in [4.78, 5) is 17.5. The van der Waals surface area contributed by atoms with Crippen molar-refractivity contribution in [1.82, 2.24) is 20.7 Å². The van der Waals surface area contributed by atoms with E-state index in [1.807, 2.05) is 25.1 Å². The molecule has 2 aromatic carbocycles. The van der Waals surface area contributed by atoms with Crippen LogP contribution < -0.4 is 16.2 Å². The van der Waals surface area contributed by atoms with Gasteiger partial charge in [0.25, 0.3) is 5.91 Å². The van der Waals surface area contributed by atoms with Crippen molar-refractivity contribution in [2.45, 2.75) is 40.2 Å². The molecule has 0 aliphatic carbocycles. The molecule has 172 valence electrons. The summed E-state index contributed by atoms with van der Waals surface area (Å²) in [7, 11) is 2.17. The number of nitrogens with zero attached hydrogens (tertiary/aromatic N) is 2. The SMILES string of the molecule is Cc1cc(C)c(C(C)C)cc1C(=O)NNC(=S)Nc1ccc(CN2CCN(C)CC2)cc1. The molecule has 2 aromatic rings. The van der Waals surface area contributed by atoms with E-state index in [0.29, 0.717) is 16.6 Å². The molecule has 7 heteroatoms. The Balaban J connectivity index is 1.50. The number of anilines is 1. The van der Waals surface area contributed by atoms with Crippen molar-refractivity contribution < 1.29 is 4.79 Å². The van der Waals surface area contributed by atoms with Gasteiger partial charge < -0.3 is 10.2 Å². The predicted molar refractivity (Wildman–Crippen MR) is 136 cm³/mol. The number of carbonyl (C=O) groups excluding carboxylic acids is 1. The molecule has 0 saturated carbocycles. The van der Waals surface area contributed by atoms with E-state index in [0.717, 1.165) is 44.0 Å². The maximum atomic E-state index is 12.7. The number of hydrogen-bond acceptors (Lipinski definition) is 4. The number of likely N-dealkylation sites (N-methyl/N-ethyl adjacent to an activating group) is 1. The first-order chi connectivity index (χ1) is 15.2. The lowest BCUT2D eigenvalue weighted by molar-refractivity contribution is 0.0943. The molecule has 0 aromatic heterocycles. The van der Waals surface area contributed by atoms with Gasteiger partial charge in [-0.15, -0.1) is 0 Å². The molecule has 32 heavy (non-hydrogen) atoms. The van der Waals surface area contributed by atoms with E-state index < -0.39 is 0 Å². The van der Waals surface area contributed by atoms with Crippen LogP contribution in [-0.2, 0) is 6.54 Å². The molecule has 0 radical (unpaired) electrons. The molecule has 1 amide bonds. The summed E-state index contributed by atoms with van der Waals surface area (Å²) in [5, 5.41) is 3.47. The van der Waals surface area contributed by atoms with E-state index >= 15 is 0 Å². The van der Waals surface area contributed by atoms with E-state index in [4.69, 9.17) is 12.2 Å². The van der Waals surface area contributed by atoms with Crippen LogP contribution in [0.2, 0.25) is 0 Å². The fourth-order valence-electron chi connectivity index (χ4n) is 4.04. The number of piperazine rings is 1. The molecule has 0 atom stereocenters. The number of aryl methyl sites for hydroxylation is 2. The van der Waals surface area contributed by atoms with Crippen LogP contribution in [0.25, 0.3) is 0 Å². The number of thiocarbonyl (C=S) groups is 1. The van der Waals surface area contributed by atoms with Crippen LogP contribution in [0.15, 0.2) is 36.4 Å². The maximum Gasteiger partial charge on any atom is 0.269 e. The van der Waals surface area contributed by atoms with Crippen molar-refractivity contribution in [3.05, 3.63) is 64.2 Å². The van der Waals surface area contributed by atoms with Crippen molar-refractivity contribution in [1.29, 1.82) is 0 Å². The topological polar surface area (TPSA) is 59.6 Å². The van der Waals surface area contributed by atoms with Crippen molar-refractivity contribution in [3.8, 4) is 0 Å². The van der Waals surface area contributed by atoms with Crippen LogP contribution in [-0.4, -0.2) is 54.0 Å². The van der Waals surface area contributed by atoms with Gasteiger partial charge in [0.2, 0.25) is 0 Å². The van der Waals surface area contributed by atoms with Crippen molar-refractivity contribution >= 4 is 28.9 Å². The van der Waals surface area contributed by atoms with E-state index in [2.05, 4.69) is 72.0 Å². The summed E-state index contributed by atoms with van der Waals surface area (Å²) < 4.78 is 0. The number of rotatable bonds is 5. The monoisotopic (exact) mass is 453 g/mol. The van der Waals surface area contributed by atoms with Gasteiger partial charge in [-0.1, -0.05) is 32.0 Å². The summed E-state index contributed by atoms with van der Waals surface area (Å²) in [5.41, 5.74) is 11.7. The lowest BCUT2D eigenvalue weighted by atomic mass is 9.93. The molecule has 1 fully saturated rings. The Hall–Kier alpha value is -2.48. The normalized spacial score (nSPS) is 14.9. The zero-order valence-corrected chi connectivity index (χ0v) is 20.6. The highest BCUT2D eigenvalue weighted by atomic mass is 32.1. The number of benzene rings is 2. The zero-order chi connectivity index (χ0) is 23.3. The molecular weight excluding hydrogens is 418 g/mol. The van der Waals surface area contributed by atoms with E-state index in [1.165, 1.54) is 16.7 Å². The average molecular weight is 454 g/mol. The van der Waals surface area contributed by atoms with Gasteiger partial charge in [0, 0.05) is 44.0 Å². The Morgan fingerprint density at radius 2 is 1.66 bits per heavy atom. The van der Waals surface area contributed by atoms with E-state index in [-0.39, 0.29) is 5.91 Å². The molecule has 6 nitrogen and oxygen atoms in total. The first-order valence-corrected chi connectivity index (χ1v) is 11.6. The number of hydrazine groups is 1. The van der Waals surface area contributed by atoms with Crippen molar-refractivity contribution in [2.24, 2.45) is 0 Å². The third kappa shape index (κ3) is 6.51. The molecule has 1 saturated heterocycles. The molecule has 0 unspecified atom stereocenters. The molecule has 1 aliphatic rings. The minimum atomic E-state index is -0.198. The van der Waals surface area contributed by atoms with Gasteiger partial charge in [0.05, 0.1) is 0 Å². The number of nitrogens with one attached hydrogen (secondary N) is 3. The first-order valence-electron chi connectivity index (χ1n) is 11.2. The molecule has 1 heterocycles. The summed E-state index contributed by atoms with van der Waals surface area (Å²) in [6, 6.07) is 12.3. The van der Waals surface area contributed by atoms with Gasteiger partial charge in [-0.3, -0.25) is 20.5 Å². The second kappa shape index (κ2) is 10.9. The lowest BCUT2D eigenvalue weighted by Crippen LogP contribution is -2.44. The number of carbonyl (C=O) groups is 1. The fourth-order valence-corrected chi connectivity index (χ4v) is 4.21. The van der Waals surface area contributed by atoms with Gasteiger partial charge in [-0.25, -0.2) is 0 Å². The average Bonchev–Trinajstić information content (AvgIpc) is 2.75. The highest BCUT2D eigenvalue weighted by Gasteiger charge is 2.15. The van der Waals surface area contributed by atoms with Crippen LogP contribution in [0, 0.1) is 13.8 Å². The molecule has 0 bridgehead atoms. The minimum absolute atomic E-state index is 0.198. The quantitative estimate of drug-likeness (QED) is 0.473. The molecular formula is C25H35N5OS. The molecule has 3 rings (SSSR count). The van der Waals surface area contributed by atoms with Crippen molar-refractivity contribution in [3.63, 3.8) is 0 Å². The lowest BCUT2D eigenvalue weighted by Gasteiger charge is -2.32. The largest absolute Gasteiger partial charge is 0.331 e. The smallest absolute Gasteiger partial charge is 0.269 e. The third-order valence-corrected chi connectivity index (χ3v) is 6.19. The Morgan fingerprint density at radius 1 is 1.00 bits per heavy atom. The van der Waals surface area contributed by atoms with Gasteiger partial charge in [0.15, 0.2) is 5.11 Å². The zero-order valence-electron chi connectivity index (χ0n) is 19.8. The van der Waals surface area contributed by atoms with Gasteiger partial charge >= 0.3 is 0 Å². The van der Waals surface area contributed by atoms with Crippen LogP contribution in [0.4, 0.5) is 5.69 Å². The Kier molecular flexibility index (Phi) is 8.23. The number of amides is 1. The second-order valence-corrected chi connectivity index (χ2v) is 9.40. The summed E-state index contributed by atoms with van der Waals surface area (Å²) >= 11 is 5.35. The van der Waals surface area contributed by atoms with Crippen LogP contribution in [0.1, 0.15) is 52.4 Å². The molecule has 3 N–H and O–H groups in total. The van der Waals surface area contributed by atoms with Gasteiger partial charge in [0.1, 0.15) is 0 Å². The van der Waals surface area contributed by atoms with Gasteiger partial charge in [-0.05, 0) is 79.5 Å². The highest BCUT2D eigenvalue weighted by Crippen LogP contribution is 2.23. The van der Waals surface area contributed by atoms with Crippen LogP contribution in [0.3, 0.4) is 0 Å². The highest BCUT2D eigenvalue weighted by molar-refractivity contribution is 7.80. The number of hydrogen-bond donors (Lipinski definition) is 3. The Labute approximate surface area is 197 Å². The Morgan fingerprint density at radius 3 is 2.28 bits per heavy atom. The van der Waals surface area contributed by atoms with Crippen LogP contribution >= 0.6 is 12.2 Å². The molecule has 1 aliphatic heterocycles. The van der Waals surface area contributed by atoms with Crippen molar-refractivity contribution in [2.75, 3.05) is 38.5 Å². The van der Waals surface area contributed by atoms with Crippen LogP contribution in [0.5, 0.6) is 0 Å². The first kappa shape index (κ1) is 24.2. The Bertz CT molecular complexity index is 950. The summed E-state index contributed by atoms with van der Waals surface area (Å²) in [6.45, 7) is 13.7. The fraction of sp³-hybridized carbons (Fsp3) is 0.440. The third-order valence-electron chi connectivity index (χ3n) is 5.98. The van der Waals surface area contributed by atoms with E-state index in [9.17, 15) is 4.79 Å². The standard InChI is InChI=1S/C25H35N5OS/c1-17(2)22-15-23(19(4)14-18(22)3)24(31)27-28-25(32)26-21-8-6-20(7-9-21)16-30-12-10-29(5)11-13-30/h6-9,14-15,17H,10-13,16H2,1-5H3,(H,27,31)(H2,26,28,32). The summed E-state index contributed by atoms with van der Waals surface area (Å²) in [5.74, 6) is 0.160. The minimum Gasteiger partial charge on any atom is -0.331 e. The maximum absolute atomic E-state index is 12.7. The van der Waals surface area contributed by atoms with E-state index in [1.54, 1.807) is 0 Å².